The molecular formula is C20H22ClN3O3. The van der Waals surface area contributed by atoms with Gasteiger partial charge in [0.1, 0.15) is 12.4 Å². The highest BCUT2D eigenvalue weighted by molar-refractivity contribution is 6.35. The highest BCUT2D eigenvalue weighted by Gasteiger charge is 2.14. The molecule has 0 aliphatic carbocycles. The van der Waals surface area contributed by atoms with Crippen LogP contribution in [-0.2, 0) is 16.2 Å². The van der Waals surface area contributed by atoms with Crippen LogP contribution in [0.25, 0.3) is 0 Å². The number of nitrogens with zero attached hydrogens (tertiary/aromatic N) is 1. The number of hydrazone groups is 1. The van der Waals surface area contributed by atoms with E-state index in [1.54, 1.807) is 18.2 Å². The highest BCUT2D eigenvalue weighted by atomic mass is 35.5. The number of amides is 2. The van der Waals surface area contributed by atoms with Crippen LogP contribution in [-0.4, -0.2) is 24.1 Å². The first-order valence-corrected chi connectivity index (χ1v) is 8.97. The molecule has 0 heterocycles. The predicted molar refractivity (Wildman–Crippen MR) is 106 cm³/mol. The Balaban J connectivity index is 1.95. The minimum Gasteiger partial charge on any atom is -0.488 e. The van der Waals surface area contributed by atoms with Crippen molar-refractivity contribution in [2.45, 2.75) is 32.9 Å². The average Bonchev–Trinajstić information content (AvgIpc) is 2.67. The van der Waals surface area contributed by atoms with Crippen molar-refractivity contribution in [1.29, 1.82) is 0 Å². The van der Waals surface area contributed by atoms with Gasteiger partial charge in [0, 0.05) is 16.6 Å². The number of benzene rings is 2. The number of hydrogen-bond donors (Lipinski definition) is 2. The first-order chi connectivity index (χ1) is 13.0. The molecule has 0 aromatic heterocycles. The molecule has 2 aromatic carbocycles. The Labute approximate surface area is 163 Å². The largest absolute Gasteiger partial charge is 0.488 e. The lowest BCUT2D eigenvalue weighted by molar-refractivity contribution is -0.139. The number of rotatable bonds is 7. The maximum atomic E-state index is 11.7. The van der Waals surface area contributed by atoms with Gasteiger partial charge in [-0.2, -0.15) is 5.10 Å². The number of carbonyl (C=O) groups excluding carboxylic acids is 2. The molecule has 0 saturated heterocycles. The van der Waals surface area contributed by atoms with Crippen LogP contribution < -0.4 is 15.5 Å². The molecule has 0 radical (unpaired) electrons. The van der Waals surface area contributed by atoms with Gasteiger partial charge in [0.05, 0.1) is 6.21 Å². The molecule has 0 aliphatic heterocycles. The van der Waals surface area contributed by atoms with Crippen LogP contribution in [0.1, 0.15) is 31.4 Å². The monoisotopic (exact) mass is 387 g/mol. The van der Waals surface area contributed by atoms with Crippen LogP contribution in [0, 0.1) is 0 Å². The van der Waals surface area contributed by atoms with E-state index < -0.39 is 11.8 Å². The standard InChI is InChI=1S/C20H22ClN3O3/c1-3-14(2)23-19(25)20(26)24-22-12-16-8-4-5-10-18(16)27-13-15-7-6-9-17(21)11-15/h4-12,14H,3,13H2,1-2H3,(H,23,25)(H,24,26)/b22-12-/t14-/m1/s1. The van der Waals surface area contributed by atoms with Crippen LogP contribution >= 0.6 is 11.6 Å². The van der Waals surface area contributed by atoms with Crippen molar-refractivity contribution in [2.75, 3.05) is 0 Å². The van der Waals surface area contributed by atoms with E-state index in [1.807, 2.05) is 44.2 Å². The van der Waals surface area contributed by atoms with Crippen molar-refractivity contribution < 1.29 is 14.3 Å². The molecule has 2 aromatic rings. The van der Waals surface area contributed by atoms with E-state index in [1.165, 1.54) is 6.21 Å². The quantitative estimate of drug-likeness (QED) is 0.434. The fraction of sp³-hybridized carbons (Fsp3) is 0.250. The van der Waals surface area contributed by atoms with Gasteiger partial charge in [0.25, 0.3) is 0 Å². The summed E-state index contributed by atoms with van der Waals surface area (Å²) in [5.41, 5.74) is 3.82. The van der Waals surface area contributed by atoms with Crippen LogP contribution in [0.15, 0.2) is 53.6 Å². The molecule has 27 heavy (non-hydrogen) atoms. The minimum atomic E-state index is -0.816. The molecule has 2 rings (SSSR count). The Morgan fingerprint density at radius 2 is 1.96 bits per heavy atom. The number of nitrogens with one attached hydrogen (secondary N) is 2. The van der Waals surface area contributed by atoms with Crippen LogP contribution in [0.4, 0.5) is 0 Å². The summed E-state index contributed by atoms with van der Waals surface area (Å²) in [5, 5.41) is 7.05. The van der Waals surface area contributed by atoms with E-state index in [-0.39, 0.29) is 6.04 Å². The summed E-state index contributed by atoms with van der Waals surface area (Å²) in [5.74, 6) is -0.935. The van der Waals surface area contributed by atoms with Crippen molar-refractivity contribution in [1.82, 2.24) is 10.7 Å². The zero-order chi connectivity index (χ0) is 19.6. The molecule has 0 spiro atoms. The maximum absolute atomic E-state index is 11.7. The van der Waals surface area contributed by atoms with E-state index in [0.29, 0.717) is 22.9 Å². The van der Waals surface area contributed by atoms with Crippen LogP contribution in [0.5, 0.6) is 5.75 Å². The molecule has 2 amide bonds. The van der Waals surface area contributed by atoms with Crippen LogP contribution in [0.3, 0.4) is 0 Å². The van der Waals surface area contributed by atoms with E-state index in [2.05, 4.69) is 15.8 Å². The molecule has 2 N–H and O–H groups in total. The molecule has 142 valence electrons. The normalized spacial score (nSPS) is 11.8. The van der Waals surface area contributed by atoms with Crippen molar-refractivity contribution in [3.8, 4) is 5.75 Å². The van der Waals surface area contributed by atoms with Gasteiger partial charge in [-0.05, 0) is 43.2 Å². The van der Waals surface area contributed by atoms with Gasteiger partial charge in [-0.1, -0.05) is 42.8 Å². The third kappa shape index (κ3) is 6.75. The average molecular weight is 388 g/mol. The van der Waals surface area contributed by atoms with Gasteiger partial charge < -0.3 is 10.1 Å². The summed E-state index contributed by atoms with van der Waals surface area (Å²) in [6, 6.07) is 14.6. The van der Waals surface area contributed by atoms with Gasteiger partial charge in [-0.15, -0.1) is 0 Å². The number of hydrogen-bond acceptors (Lipinski definition) is 4. The third-order valence-electron chi connectivity index (χ3n) is 3.77. The fourth-order valence-corrected chi connectivity index (χ4v) is 2.32. The first kappa shape index (κ1) is 20.5. The number of halogens is 1. The van der Waals surface area contributed by atoms with Gasteiger partial charge in [-0.25, -0.2) is 5.43 Å². The van der Waals surface area contributed by atoms with E-state index in [9.17, 15) is 9.59 Å². The summed E-state index contributed by atoms with van der Waals surface area (Å²) >= 11 is 5.97. The highest BCUT2D eigenvalue weighted by Crippen LogP contribution is 2.18. The fourth-order valence-electron chi connectivity index (χ4n) is 2.11. The summed E-state index contributed by atoms with van der Waals surface area (Å²) in [4.78, 5) is 23.4. The van der Waals surface area contributed by atoms with E-state index in [4.69, 9.17) is 16.3 Å². The van der Waals surface area contributed by atoms with Crippen molar-refractivity contribution in [2.24, 2.45) is 5.10 Å². The third-order valence-corrected chi connectivity index (χ3v) is 4.00. The zero-order valence-electron chi connectivity index (χ0n) is 15.2. The van der Waals surface area contributed by atoms with Gasteiger partial charge in [-0.3, -0.25) is 9.59 Å². The number of ether oxygens (including phenoxy) is 1. The lowest BCUT2D eigenvalue weighted by Gasteiger charge is -2.10. The van der Waals surface area contributed by atoms with Crippen molar-refractivity contribution in [3.63, 3.8) is 0 Å². The molecule has 0 bridgehead atoms. The number of para-hydroxylation sites is 1. The second-order valence-corrected chi connectivity index (χ2v) is 6.37. The van der Waals surface area contributed by atoms with Gasteiger partial charge in [0.15, 0.2) is 0 Å². The topological polar surface area (TPSA) is 79.8 Å². The second kappa shape index (κ2) is 10.3. The molecule has 7 heteroatoms. The molecule has 0 unspecified atom stereocenters. The lowest BCUT2D eigenvalue weighted by Crippen LogP contribution is -2.41. The summed E-state index contributed by atoms with van der Waals surface area (Å²) in [7, 11) is 0. The van der Waals surface area contributed by atoms with Crippen molar-refractivity contribution >= 4 is 29.6 Å². The Morgan fingerprint density at radius 3 is 2.70 bits per heavy atom. The minimum absolute atomic E-state index is 0.0761. The molecule has 6 nitrogen and oxygen atoms in total. The number of carbonyl (C=O) groups is 2. The SMILES string of the molecule is CC[C@@H](C)NC(=O)C(=O)N/N=C\c1ccccc1OCc1cccc(Cl)c1. The molecule has 0 aliphatic rings. The second-order valence-electron chi connectivity index (χ2n) is 5.94. The Hall–Kier alpha value is -2.86. The summed E-state index contributed by atoms with van der Waals surface area (Å²) in [6.07, 6.45) is 2.17. The molecular weight excluding hydrogens is 366 g/mol. The predicted octanol–water partition coefficient (Wildman–Crippen LogP) is 3.28. The van der Waals surface area contributed by atoms with Gasteiger partial charge >= 0.3 is 11.8 Å². The summed E-state index contributed by atoms with van der Waals surface area (Å²) in [6.45, 7) is 4.08. The lowest BCUT2D eigenvalue weighted by atomic mass is 10.2. The summed E-state index contributed by atoms with van der Waals surface area (Å²) < 4.78 is 5.81. The van der Waals surface area contributed by atoms with E-state index in [0.717, 1.165) is 12.0 Å². The van der Waals surface area contributed by atoms with Gasteiger partial charge in [0.2, 0.25) is 0 Å². The van der Waals surface area contributed by atoms with E-state index >= 15 is 0 Å². The smallest absolute Gasteiger partial charge is 0.329 e. The first-order valence-electron chi connectivity index (χ1n) is 8.59. The molecule has 1 atom stereocenters. The Bertz CT molecular complexity index is 824. The Kier molecular flexibility index (Phi) is 7.82. The molecule has 0 fully saturated rings. The molecule has 0 saturated carbocycles. The Morgan fingerprint density at radius 1 is 1.19 bits per heavy atom. The zero-order valence-corrected chi connectivity index (χ0v) is 16.0. The van der Waals surface area contributed by atoms with Crippen LogP contribution in [0.2, 0.25) is 5.02 Å². The maximum Gasteiger partial charge on any atom is 0.329 e. The van der Waals surface area contributed by atoms with Crippen molar-refractivity contribution in [3.05, 3.63) is 64.7 Å².